The van der Waals surface area contributed by atoms with Gasteiger partial charge < -0.3 is 73.5 Å². The van der Waals surface area contributed by atoms with Gasteiger partial charge in [-0.3, -0.25) is 38.1 Å². The quantitative estimate of drug-likeness (QED) is 0.0626. The average molecular weight is 1260 g/mol. The van der Waals surface area contributed by atoms with Crippen LogP contribution in [0, 0.1) is 50.4 Å². The van der Waals surface area contributed by atoms with Crippen LogP contribution in [-0.2, 0) is 49.1 Å². The fourth-order valence-electron chi connectivity index (χ4n) is 12.1. The van der Waals surface area contributed by atoms with Crippen LogP contribution >= 0.6 is 15.2 Å². The number of allylic oxidation sites excluding steroid dienone is 4. The Balaban J connectivity index is 1.35. The van der Waals surface area contributed by atoms with Gasteiger partial charge in [0.1, 0.15) is 47.0 Å². The van der Waals surface area contributed by atoms with Gasteiger partial charge in [0.25, 0.3) is 11.7 Å². The number of hydrogen-bond acceptors (Lipinski definition) is 19. The van der Waals surface area contributed by atoms with Crippen molar-refractivity contribution in [3.05, 3.63) is 98.6 Å². The molecule has 2 aromatic rings. The highest BCUT2D eigenvalue weighted by Crippen LogP contribution is 2.61. The molecule has 476 valence electrons. The summed E-state index contributed by atoms with van der Waals surface area (Å²) >= 11 is 0. The SMILES string of the molecule is CO[C@H]1/C=C/O[C@@]2(C)Oc3c(C)c(O)c4c(c3C2=O)C2=NC3(CCN(CC(C)C)CC3)N(C(=O)OCc3cc(C)c(OC(=O)CCC(P(=O)(O)O)P(=O)(O)O)c(C)c3)C2=C(NC(=O)/C(C)=C\C=C\[C@H](C)[C@H](O)[C@@H](C)[C@@H](O)[C@@H](C)[C@H](OC(C)=O)[C@@H]1C)C4=O. The number of aromatic hydroxyl groups is 1. The molecule has 2 amide bonds. The Morgan fingerprint density at radius 2 is 1.51 bits per heavy atom. The van der Waals surface area contributed by atoms with Crippen LogP contribution < -0.4 is 14.8 Å². The second-order valence-corrected chi connectivity index (χ2v) is 28.0. The smallest absolute Gasteiger partial charge is 0.416 e. The second-order valence-electron chi connectivity index (χ2n) is 23.9. The van der Waals surface area contributed by atoms with Gasteiger partial charge in [-0.05, 0) is 74.9 Å². The summed E-state index contributed by atoms with van der Waals surface area (Å²) in [5.41, 5.74) is -2.23. The van der Waals surface area contributed by atoms with E-state index in [0.717, 1.165) is 0 Å². The van der Waals surface area contributed by atoms with E-state index >= 15 is 14.4 Å². The Morgan fingerprint density at radius 1 is 0.885 bits per heavy atom. The number of carbonyl (C=O) groups is 6. The number of benzene rings is 2. The zero-order valence-corrected chi connectivity index (χ0v) is 52.8. The molecule has 0 unspecified atom stereocenters. The number of likely N-dealkylation sites (tertiary alicyclic amines) is 1. The van der Waals surface area contributed by atoms with Gasteiger partial charge in [-0.2, -0.15) is 0 Å². The number of amides is 2. The van der Waals surface area contributed by atoms with Crippen molar-refractivity contribution in [1.82, 2.24) is 15.1 Å². The Kier molecular flexibility index (Phi) is 20.7. The number of ketones is 2. The molecule has 0 radical (unpaired) electrons. The molecule has 4 aliphatic heterocycles. The first kappa shape index (κ1) is 68.1. The van der Waals surface area contributed by atoms with E-state index in [1.54, 1.807) is 47.6 Å². The molecule has 8 N–H and O–H groups in total. The van der Waals surface area contributed by atoms with Gasteiger partial charge in [0.05, 0.1) is 41.4 Å². The summed E-state index contributed by atoms with van der Waals surface area (Å²) in [5.74, 6) is -9.90. The third-order valence-electron chi connectivity index (χ3n) is 16.9. The topological polar surface area (TPSA) is 364 Å². The molecule has 0 saturated carbocycles. The highest BCUT2D eigenvalue weighted by atomic mass is 31.2. The molecule has 87 heavy (non-hydrogen) atoms. The van der Waals surface area contributed by atoms with Gasteiger partial charge in [-0.25, -0.2) is 9.69 Å². The third kappa shape index (κ3) is 14.1. The number of piperidine rings is 1. The number of aliphatic imine (C=N–C) groups is 1. The van der Waals surface area contributed by atoms with Crippen molar-refractivity contribution < 1.29 is 101 Å². The van der Waals surface area contributed by atoms with Crippen molar-refractivity contribution >= 4 is 56.4 Å². The van der Waals surface area contributed by atoms with Gasteiger partial charge in [0, 0.05) is 100 Å². The summed E-state index contributed by atoms with van der Waals surface area (Å²) < 4.78 is 59.5. The fraction of sp³-hybridized carbons (Fsp3) is 0.550. The minimum Gasteiger partial charge on any atom is -0.507 e. The first-order valence-electron chi connectivity index (χ1n) is 28.7. The lowest BCUT2D eigenvalue weighted by molar-refractivity contribution is -0.160. The Labute approximate surface area is 504 Å². The average Bonchev–Trinajstić information content (AvgIpc) is 1.56. The molecule has 1 fully saturated rings. The number of fused-ring (bicyclic) bond motifs is 3. The number of phenols is 1. The molecule has 25 nitrogen and oxygen atoms in total. The number of hydrogen-bond donors (Lipinski definition) is 8. The van der Waals surface area contributed by atoms with Gasteiger partial charge >= 0.3 is 39.0 Å². The monoisotopic (exact) mass is 1250 g/mol. The van der Waals surface area contributed by atoms with E-state index < -0.39 is 152 Å². The summed E-state index contributed by atoms with van der Waals surface area (Å²) in [5, 5.41) is 35.9. The number of aliphatic hydroxyl groups excluding tert-OH is 2. The highest BCUT2D eigenvalue weighted by molar-refractivity contribution is 7.70. The van der Waals surface area contributed by atoms with E-state index in [4.69, 9.17) is 33.4 Å². The van der Waals surface area contributed by atoms with Gasteiger partial charge in [-0.1, -0.05) is 59.8 Å². The summed E-state index contributed by atoms with van der Waals surface area (Å²) in [6, 6.07) is 3.06. The lowest BCUT2D eigenvalue weighted by Gasteiger charge is -2.43. The molecule has 7 rings (SSSR count). The maximum atomic E-state index is 15.6. The maximum Gasteiger partial charge on any atom is 0.416 e. The summed E-state index contributed by atoms with van der Waals surface area (Å²) in [7, 11) is -9.22. The normalized spacial score (nSPS) is 27.7. The number of nitrogens with zero attached hydrogens (tertiary/aromatic N) is 3. The molecule has 1 aliphatic carbocycles. The number of rotatable bonds is 12. The Hall–Kier alpha value is -6.37. The van der Waals surface area contributed by atoms with E-state index in [-0.39, 0.29) is 63.9 Å². The predicted octanol–water partition coefficient (Wildman–Crippen LogP) is 6.65. The molecular formula is C60H80N4O21P2. The number of ether oxygens (including phenoxy) is 6. The van der Waals surface area contributed by atoms with E-state index in [9.17, 15) is 58.4 Å². The minimum atomic E-state index is -5.31. The van der Waals surface area contributed by atoms with Crippen LogP contribution in [0.3, 0.4) is 0 Å². The zero-order valence-electron chi connectivity index (χ0n) is 51.1. The largest absolute Gasteiger partial charge is 0.507 e. The molecular weight excluding hydrogens is 1170 g/mol. The minimum absolute atomic E-state index is 0.0231. The molecule has 1 spiro atoms. The third-order valence-corrected chi connectivity index (χ3v) is 20.7. The van der Waals surface area contributed by atoms with Crippen molar-refractivity contribution in [3.63, 3.8) is 0 Å². The van der Waals surface area contributed by atoms with Crippen LogP contribution in [0.5, 0.6) is 17.2 Å². The molecule has 5 bridgehead atoms. The second kappa shape index (κ2) is 26.4. The number of Topliss-reactive ketones (excluding diaryl/α,β-unsaturated/α-hetero) is 2. The van der Waals surface area contributed by atoms with Crippen LogP contribution in [0.2, 0.25) is 0 Å². The van der Waals surface area contributed by atoms with Crippen LogP contribution in [0.15, 0.2) is 64.7 Å². The summed E-state index contributed by atoms with van der Waals surface area (Å²) in [4.78, 5) is 133. The summed E-state index contributed by atoms with van der Waals surface area (Å²) in [6.07, 6.45) is 0.559. The predicted molar refractivity (Wildman–Crippen MR) is 314 cm³/mol. The summed E-state index contributed by atoms with van der Waals surface area (Å²) in [6.45, 7) is 20.5. The molecule has 2 aromatic carbocycles. The van der Waals surface area contributed by atoms with Gasteiger partial charge in [-0.15, -0.1) is 0 Å². The van der Waals surface area contributed by atoms with E-state index in [1.165, 1.54) is 76.3 Å². The number of aryl methyl sites for hydroxylation is 2. The van der Waals surface area contributed by atoms with Crippen molar-refractivity contribution in [1.29, 1.82) is 0 Å². The van der Waals surface area contributed by atoms with Crippen LogP contribution in [0.1, 0.15) is 137 Å². The Morgan fingerprint density at radius 3 is 2.08 bits per heavy atom. The number of nitrogens with one attached hydrogen (secondary N) is 1. The van der Waals surface area contributed by atoms with Crippen molar-refractivity contribution in [2.45, 2.75) is 157 Å². The van der Waals surface area contributed by atoms with Crippen LogP contribution in [-0.4, -0.2) is 154 Å². The van der Waals surface area contributed by atoms with E-state index in [2.05, 4.69) is 24.1 Å². The lowest BCUT2D eigenvalue weighted by atomic mass is 9.78. The van der Waals surface area contributed by atoms with Gasteiger partial charge in [0.2, 0.25) is 5.78 Å². The van der Waals surface area contributed by atoms with Crippen LogP contribution in [0.25, 0.3) is 0 Å². The van der Waals surface area contributed by atoms with Gasteiger partial charge in [0.15, 0.2) is 5.40 Å². The van der Waals surface area contributed by atoms with E-state index in [1.807, 2.05) is 0 Å². The van der Waals surface area contributed by atoms with Crippen molar-refractivity contribution in [2.24, 2.45) is 34.6 Å². The number of carbonyl (C=O) groups excluding carboxylic acids is 6. The number of aliphatic hydroxyl groups is 2. The molecule has 5 aliphatic rings. The first-order chi connectivity index (χ1) is 40.5. The number of phenolic OH excluding ortho intramolecular Hbond substituents is 1. The van der Waals surface area contributed by atoms with Crippen molar-refractivity contribution in [3.8, 4) is 17.2 Å². The maximum absolute atomic E-state index is 15.6. The fourth-order valence-corrected chi connectivity index (χ4v) is 14.6. The van der Waals surface area contributed by atoms with Crippen molar-refractivity contribution in [2.75, 3.05) is 26.7 Å². The molecule has 0 aromatic heterocycles. The highest BCUT2D eigenvalue weighted by Gasteiger charge is 2.58. The standard InChI is InChI=1S/C60H80N4O21P2/c1-29(2)27-63-22-20-60(21-23-63)62-46-43-44-51(69)37(10)55-45(43)56(71)59(12,85-55)82-24-19-40(80-13)34(7)54(83-38(11)65)36(9)50(68)35(8)49(67)30(3)15-14-16-31(4)57(72)61-47(52(44)70)48(46)64(60)58(73)81-28-39-25-32(5)53(33(6)26-39)84-41(66)17-18-42(86(74,75)76)87(77,78)79/h14-16,19,24-26,29-30,34-36,40,42,49-50,54,67-69H,17-18,20-23,27-28H2,1-13H3,(H,61,72)(H2,74,75,76)(H2,77,78,79)/b15-14+,24-19+,31-16-/t30-,34+,35+,36+,40-,49-,50+,54+,59-/m0/s1. The molecule has 27 heteroatoms. The molecule has 1 saturated heterocycles. The number of methoxy groups -OCH3 is 1. The Bertz CT molecular complexity index is 3310. The van der Waals surface area contributed by atoms with Crippen LogP contribution in [0.4, 0.5) is 4.79 Å². The zero-order chi connectivity index (χ0) is 64.7. The molecule has 9 atom stereocenters. The molecule has 4 heterocycles. The number of esters is 2. The first-order valence-corrected chi connectivity index (χ1v) is 32.0. The van der Waals surface area contributed by atoms with E-state index in [0.29, 0.717) is 36.3 Å². The lowest BCUT2D eigenvalue weighted by Crippen LogP contribution is -2.55.